The summed E-state index contributed by atoms with van der Waals surface area (Å²) in [7, 11) is 3.21. The molecule has 31 heavy (non-hydrogen) atoms. The van der Waals surface area contributed by atoms with Gasteiger partial charge >= 0.3 is 6.01 Å². The number of benzene rings is 2. The van der Waals surface area contributed by atoms with Crippen LogP contribution in [-0.4, -0.2) is 80.9 Å². The number of tetrazole rings is 1. The number of H-pyrrole nitrogens is 1. The van der Waals surface area contributed by atoms with E-state index in [4.69, 9.17) is 9.47 Å². The van der Waals surface area contributed by atoms with Crippen LogP contribution < -0.4 is 14.8 Å². The van der Waals surface area contributed by atoms with Gasteiger partial charge in [0, 0.05) is 53.3 Å². The van der Waals surface area contributed by atoms with Crippen LogP contribution in [0.25, 0.3) is 22.6 Å². The zero-order valence-electron chi connectivity index (χ0n) is 17.7. The van der Waals surface area contributed by atoms with Crippen molar-refractivity contribution in [1.82, 2.24) is 30.6 Å². The zero-order valence-corrected chi connectivity index (χ0v) is 19.7. The van der Waals surface area contributed by atoms with Gasteiger partial charge < -0.3 is 14.8 Å². The van der Waals surface area contributed by atoms with Crippen LogP contribution in [0.2, 0.25) is 0 Å². The molecule has 0 fully saturated rings. The van der Waals surface area contributed by atoms with E-state index >= 15 is 0 Å². The smallest absolute Gasteiger partial charge is 0.318 e. The Morgan fingerprint density at radius 2 is 1.74 bits per heavy atom. The number of aromatic amines is 1. The Morgan fingerprint density at radius 3 is 2.45 bits per heavy atom. The van der Waals surface area contributed by atoms with E-state index in [0.29, 0.717) is 17.7 Å². The van der Waals surface area contributed by atoms with Crippen LogP contribution in [0.5, 0.6) is 11.8 Å². The zero-order chi connectivity index (χ0) is 20.8. The minimum Gasteiger partial charge on any atom is -0.497 e. The van der Waals surface area contributed by atoms with Gasteiger partial charge in [0.1, 0.15) is 11.6 Å². The molecule has 0 atom stereocenters. The molecule has 0 aliphatic rings. The van der Waals surface area contributed by atoms with Crippen LogP contribution >= 0.6 is 0 Å². The predicted octanol–water partition coefficient (Wildman–Crippen LogP) is 2.61. The summed E-state index contributed by atoms with van der Waals surface area (Å²) >= 11 is 0. The van der Waals surface area contributed by atoms with Crippen molar-refractivity contribution in [3.05, 3.63) is 60.2 Å². The Kier molecular flexibility index (Phi) is 7.94. The molecule has 10 heteroatoms. The molecule has 0 saturated carbocycles. The summed E-state index contributed by atoms with van der Waals surface area (Å²) in [5.41, 5.74) is 3.72. The first-order valence-corrected chi connectivity index (χ1v) is 9.39. The average molecular weight is 426 g/mol. The van der Waals surface area contributed by atoms with Crippen molar-refractivity contribution in [3.8, 4) is 34.4 Å². The maximum atomic E-state index is 5.29. The number of rotatable bonds is 8. The normalized spacial score (nSPS) is 10.3. The van der Waals surface area contributed by atoms with Crippen LogP contribution in [-0.2, 0) is 6.42 Å². The Balaban J connectivity index is 0.00000272. The number of ether oxygens (including phenoxy) is 2. The molecular formula is C21H21N7NaO2. The first-order chi connectivity index (χ1) is 14.7. The van der Waals surface area contributed by atoms with Crippen molar-refractivity contribution in [2.24, 2.45) is 0 Å². The third-order valence-corrected chi connectivity index (χ3v) is 4.54. The summed E-state index contributed by atoms with van der Waals surface area (Å²) in [6, 6.07) is 18.0. The number of anilines is 1. The Labute approximate surface area is 201 Å². The van der Waals surface area contributed by atoms with Gasteiger partial charge in [-0.15, -0.1) is 5.10 Å². The van der Waals surface area contributed by atoms with E-state index in [1.165, 1.54) is 5.56 Å². The van der Waals surface area contributed by atoms with E-state index in [1.807, 2.05) is 42.5 Å². The van der Waals surface area contributed by atoms with Gasteiger partial charge in [-0.3, -0.25) is 0 Å². The molecular weight excluding hydrogens is 405 g/mol. The molecule has 0 spiro atoms. The molecule has 1 radical (unpaired) electrons. The fourth-order valence-electron chi connectivity index (χ4n) is 2.99. The largest absolute Gasteiger partial charge is 0.497 e. The van der Waals surface area contributed by atoms with Gasteiger partial charge in [-0.2, -0.15) is 9.97 Å². The number of nitrogens with zero attached hydrogens (tertiary/aromatic N) is 5. The van der Waals surface area contributed by atoms with Crippen LogP contribution in [0.3, 0.4) is 0 Å². The first-order valence-electron chi connectivity index (χ1n) is 9.39. The Bertz CT molecular complexity index is 1110. The van der Waals surface area contributed by atoms with E-state index in [0.717, 1.165) is 35.5 Å². The summed E-state index contributed by atoms with van der Waals surface area (Å²) < 4.78 is 10.5. The number of aromatic nitrogens is 6. The topological polar surface area (TPSA) is 111 Å². The third kappa shape index (κ3) is 5.78. The fraction of sp³-hybridized carbons (Fsp3) is 0.190. The molecule has 0 aliphatic heterocycles. The molecule has 0 unspecified atom stereocenters. The predicted molar refractivity (Wildman–Crippen MR) is 118 cm³/mol. The monoisotopic (exact) mass is 426 g/mol. The molecule has 0 saturated heterocycles. The second-order valence-corrected chi connectivity index (χ2v) is 6.48. The van der Waals surface area contributed by atoms with E-state index in [2.05, 4.69) is 48.0 Å². The van der Waals surface area contributed by atoms with Crippen molar-refractivity contribution in [3.63, 3.8) is 0 Å². The summed E-state index contributed by atoms with van der Waals surface area (Å²) in [6.07, 6.45) is 0.847. The molecule has 0 amide bonds. The van der Waals surface area contributed by atoms with Gasteiger partial charge in [0.05, 0.1) is 19.9 Å². The molecule has 0 bridgehead atoms. The number of hydrogen-bond acceptors (Lipinski definition) is 8. The summed E-state index contributed by atoms with van der Waals surface area (Å²) in [6.45, 7) is 0.718. The van der Waals surface area contributed by atoms with Gasteiger partial charge in [0.15, 0.2) is 5.82 Å². The van der Waals surface area contributed by atoms with Crippen LogP contribution in [0.15, 0.2) is 54.6 Å². The molecule has 4 rings (SSSR count). The Hall–Kier alpha value is -3.01. The third-order valence-electron chi connectivity index (χ3n) is 4.54. The molecule has 2 aromatic heterocycles. The van der Waals surface area contributed by atoms with Crippen LogP contribution in [0.1, 0.15) is 5.56 Å². The molecule has 2 heterocycles. The second-order valence-electron chi connectivity index (χ2n) is 6.48. The van der Waals surface area contributed by atoms with Crippen molar-refractivity contribution in [1.29, 1.82) is 0 Å². The van der Waals surface area contributed by atoms with Crippen molar-refractivity contribution in [2.45, 2.75) is 6.42 Å². The standard InChI is InChI=1S/C21H21N7O2.Na/c1-29-17-8-6-14(7-9-17)10-11-22-19-13-18(23-21(24-19)30-2)15-4-3-5-16(12-15)20-25-27-28-26-20;/h3-9,12-13H,10-11H2,1-2H3,(H,22,23,24)(H,25,26,27,28);. The van der Waals surface area contributed by atoms with Gasteiger partial charge in [-0.05, 0) is 40.6 Å². The quantitative estimate of drug-likeness (QED) is 0.414. The van der Waals surface area contributed by atoms with E-state index < -0.39 is 0 Å². The number of nitrogens with one attached hydrogen (secondary N) is 2. The molecule has 2 aromatic carbocycles. The summed E-state index contributed by atoms with van der Waals surface area (Å²) in [5, 5.41) is 17.3. The maximum Gasteiger partial charge on any atom is 0.318 e. The SMILES string of the molecule is COc1ccc(CCNc2cc(-c3cccc(-c4nnn[nH]4)c3)nc(OC)n2)cc1.[Na]. The molecule has 4 aromatic rings. The summed E-state index contributed by atoms with van der Waals surface area (Å²) in [5.74, 6) is 2.13. The van der Waals surface area contributed by atoms with Crippen LogP contribution in [0.4, 0.5) is 5.82 Å². The molecule has 153 valence electrons. The molecule has 0 aliphatic carbocycles. The fourth-order valence-corrected chi connectivity index (χ4v) is 2.99. The first kappa shape index (κ1) is 22.7. The summed E-state index contributed by atoms with van der Waals surface area (Å²) in [4.78, 5) is 8.89. The minimum atomic E-state index is 0. The van der Waals surface area contributed by atoms with Gasteiger partial charge in [-0.1, -0.05) is 30.3 Å². The second kappa shape index (κ2) is 10.9. The maximum absolute atomic E-state index is 5.29. The number of methoxy groups -OCH3 is 2. The van der Waals surface area contributed by atoms with Crippen molar-refractivity contribution >= 4 is 35.4 Å². The van der Waals surface area contributed by atoms with Crippen LogP contribution in [0, 0.1) is 0 Å². The van der Waals surface area contributed by atoms with Gasteiger partial charge in [-0.25, -0.2) is 5.10 Å². The van der Waals surface area contributed by atoms with Gasteiger partial charge in [0.25, 0.3) is 0 Å². The van der Waals surface area contributed by atoms with E-state index in [1.54, 1.807) is 14.2 Å². The molecule has 9 nitrogen and oxygen atoms in total. The van der Waals surface area contributed by atoms with Gasteiger partial charge in [0.2, 0.25) is 0 Å². The van der Waals surface area contributed by atoms with E-state index in [-0.39, 0.29) is 29.6 Å². The Morgan fingerprint density at radius 1 is 0.935 bits per heavy atom. The molecule has 2 N–H and O–H groups in total. The van der Waals surface area contributed by atoms with E-state index in [9.17, 15) is 0 Å². The average Bonchev–Trinajstić information content (AvgIpc) is 3.34. The minimum absolute atomic E-state index is 0. The number of hydrogen-bond donors (Lipinski definition) is 2. The van der Waals surface area contributed by atoms with Crippen molar-refractivity contribution in [2.75, 3.05) is 26.1 Å². The van der Waals surface area contributed by atoms with Crippen molar-refractivity contribution < 1.29 is 9.47 Å².